The van der Waals surface area contributed by atoms with E-state index in [1.165, 1.54) is 6.07 Å². The van der Waals surface area contributed by atoms with Gasteiger partial charge in [-0.15, -0.1) is 0 Å². The van der Waals surface area contributed by atoms with Crippen LogP contribution in [0, 0.1) is 19.5 Å². The summed E-state index contributed by atoms with van der Waals surface area (Å²) in [7, 11) is 0. The molecule has 0 saturated carbocycles. The molecule has 0 aliphatic heterocycles. The number of hydrogen-bond acceptors (Lipinski definition) is 4. The molecular weight excluding hydrogens is 364 g/mol. The minimum Gasteiger partial charge on any atom is -0.375 e. The van der Waals surface area contributed by atoms with Crippen molar-refractivity contribution < 1.29 is 9.31 Å². The number of nitrogens with zero attached hydrogens (tertiary/aromatic N) is 2. The summed E-state index contributed by atoms with van der Waals surface area (Å²) in [5, 5.41) is 13.8. The molecule has 1 N–H and O–H groups in total. The molecule has 0 aliphatic rings. The van der Waals surface area contributed by atoms with Gasteiger partial charge in [-0.1, -0.05) is 6.07 Å². The average Bonchev–Trinajstić information content (AvgIpc) is 2.40. The Morgan fingerprint density at radius 2 is 2.26 bits per heavy atom. The molecule has 1 aromatic carbocycles. The summed E-state index contributed by atoms with van der Waals surface area (Å²) < 4.78 is 13.7. The minimum absolute atomic E-state index is 0.144. The van der Waals surface area contributed by atoms with Gasteiger partial charge in [0, 0.05) is 31.1 Å². The third-order valence-corrected chi connectivity index (χ3v) is 3.27. The van der Waals surface area contributed by atoms with E-state index in [9.17, 15) is 14.5 Å². The quantitative estimate of drug-likeness (QED) is 0.507. The first-order chi connectivity index (χ1) is 9.08. The molecule has 0 amide bonds. The topological polar surface area (TPSA) is 68.1 Å². The van der Waals surface area contributed by atoms with Crippen molar-refractivity contribution in [2.75, 3.05) is 5.32 Å². The minimum atomic E-state index is -0.535. The number of nitrogens with one attached hydrogen (secondary N) is 1. The van der Waals surface area contributed by atoms with Crippen molar-refractivity contribution >= 4 is 34.0 Å². The third kappa shape index (κ3) is 3.37. The van der Waals surface area contributed by atoms with Gasteiger partial charge in [-0.05, 0) is 34.2 Å². The van der Waals surface area contributed by atoms with Crippen LogP contribution >= 0.6 is 22.6 Å². The zero-order chi connectivity index (χ0) is 13.8. The largest absolute Gasteiger partial charge is 0.375 e. The molecule has 98 valence electrons. The maximum absolute atomic E-state index is 13.5. The van der Waals surface area contributed by atoms with E-state index in [2.05, 4.69) is 10.3 Å². The van der Waals surface area contributed by atoms with Crippen molar-refractivity contribution in [1.29, 1.82) is 0 Å². The van der Waals surface area contributed by atoms with Gasteiger partial charge in [0.1, 0.15) is 11.5 Å². The molecule has 0 aliphatic carbocycles. The molecule has 0 atom stereocenters. The van der Waals surface area contributed by atoms with E-state index in [0.29, 0.717) is 6.54 Å². The lowest BCUT2D eigenvalue weighted by atomic mass is 10.2. The van der Waals surface area contributed by atoms with Crippen LogP contribution in [0.1, 0.15) is 5.56 Å². The van der Waals surface area contributed by atoms with E-state index in [0.717, 1.165) is 11.6 Å². The highest BCUT2D eigenvalue weighted by Crippen LogP contribution is 2.28. The standard InChI is InChI=1S/C12H9FIN3O2/c13-9-4-11(12(17(18)19)5-10(9)14)16-7-8-2-1-3-15-6-8/h1-6,16H,7H2. The summed E-state index contributed by atoms with van der Waals surface area (Å²) >= 11 is 1.72. The van der Waals surface area contributed by atoms with Gasteiger partial charge in [0.25, 0.3) is 5.69 Å². The van der Waals surface area contributed by atoms with E-state index in [1.54, 1.807) is 41.1 Å². The maximum atomic E-state index is 13.5. The maximum Gasteiger partial charge on any atom is 0.293 e. The molecule has 1 aromatic heterocycles. The second-order valence-corrected chi connectivity index (χ2v) is 4.92. The molecule has 0 saturated heterocycles. The van der Waals surface area contributed by atoms with Gasteiger partial charge in [0.2, 0.25) is 0 Å². The Morgan fingerprint density at radius 3 is 2.89 bits per heavy atom. The van der Waals surface area contributed by atoms with Gasteiger partial charge >= 0.3 is 0 Å². The van der Waals surface area contributed by atoms with Crippen molar-refractivity contribution in [3.63, 3.8) is 0 Å². The van der Waals surface area contributed by atoms with Gasteiger partial charge in [-0.25, -0.2) is 4.39 Å². The SMILES string of the molecule is O=[N+]([O-])c1cc(I)c(F)cc1NCc1cccnc1. The Labute approximate surface area is 122 Å². The Hall–Kier alpha value is -1.77. The zero-order valence-corrected chi connectivity index (χ0v) is 11.8. The van der Waals surface area contributed by atoms with Crippen molar-refractivity contribution in [2.45, 2.75) is 6.54 Å². The smallest absolute Gasteiger partial charge is 0.293 e. The first kappa shape index (κ1) is 13.7. The van der Waals surface area contributed by atoms with Crippen molar-refractivity contribution in [1.82, 2.24) is 4.98 Å². The number of hydrogen-bond donors (Lipinski definition) is 1. The highest BCUT2D eigenvalue weighted by Gasteiger charge is 2.17. The zero-order valence-electron chi connectivity index (χ0n) is 9.64. The lowest BCUT2D eigenvalue weighted by molar-refractivity contribution is -0.384. The van der Waals surface area contributed by atoms with Crippen LogP contribution in [0.5, 0.6) is 0 Å². The van der Waals surface area contributed by atoms with Gasteiger partial charge in [-0.3, -0.25) is 15.1 Å². The van der Waals surface area contributed by atoms with Crippen LogP contribution < -0.4 is 5.32 Å². The van der Waals surface area contributed by atoms with Crippen LogP contribution in [0.4, 0.5) is 15.8 Å². The first-order valence-corrected chi connectivity index (χ1v) is 6.42. The Balaban J connectivity index is 2.24. The van der Waals surface area contributed by atoms with Crippen LogP contribution in [-0.4, -0.2) is 9.91 Å². The molecule has 0 fully saturated rings. The number of benzene rings is 1. The number of aromatic nitrogens is 1. The third-order valence-electron chi connectivity index (χ3n) is 2.44. The van der Waals surface area contributed by atoms with Crippen LogP contribution in [0.2, 0.25) is 0 Å². The summed E-state index contributed by atoms with van der Waals surface area (Å²) in [6, 6.07) is 5.94. The molecule has 0 unspecified atom stereocenters. The van der Waals surface area contributed by atoms with Gasteiger partial charge in [-0.2, -0.15) is 0 Å². The summed E-state index contributed by atoms with van der Waals surface area (Å²) in [6.07, 6.45) is 3.28. The molecule has 0 spiro atoms. The molecule has 19 heavy (non-hydrogen) atoms. The molecule has 1 heterocycles. The van der Waals surface area contributed by atoms with Crippen LogP contribution in [-0.2, 0) is 6.54 Å². The van der Waals surface area contributed by atoms with Crippen LogP contribution in [0.15, 0.2) is 36.7 Å². The summed E-state index contributed by atoms with van der Waals surface area (Å²) in [5.74, 6) is -0.486. The molecule has 0 bridgehead atoms. The van der Waals surface area contributed by atoms with E-state index >= 15 is 0 Å². The molecule has 2 rings (SSSR count). The van der Waals surface area contributed by atoms with Crippen molar-refractivity contribution in [3.05, 3.63) is 61.7 Å². The number of rotatable bonds is 4. The predicted molar refractivity (Wildman–Crippen MR) is 77.3 cm³/mol. The Bertz CT molecular complexity index is 607. The molecule has 2 aromatic rings. The molecule has 5 nitrogen and oxygen atoms in total. The Kier molecular flexibility index (Phi) is 4.25. The number of nitro groups is 1. The first-order valence-electron chi connectivity index (χ1n) is 5.34. The predicted octanol–water partition coefficient (Wildman–Crippen LogP) is 3.35. The number of halogens is 2. The fourth-order valence-electron chi connectivity index (χ4n) is 1.53. The normalized spacial score (nSPS) is 10.2. The van der Waals surface area contributed by atoms with Gasteiger partial charge in [0.05, 0.1) is 8.49 Å². The second-order valence-electron chi connectivity index (χ2n) is 3.76. The van der Waals surface area contributed by atoms with Gasteiger partial charge in [0.15, 0.2) is 0 Å². The highest BCUT2D eigenvalue weighted by molar-refractivity contribution is 14.1. The summed E-state index contributed by atoms with van der Waals surface area (Å²) in [6.45, 7) is 0.342. The molecule has 0 radical (unpaired) electrons. The van der Waals surface area contributed by atoms with Crippen LogP contribution in [0.25, 0.3) is 0 Å². The monoisotopic (exact) mass is 373 g/mol. The fourth-order valence-corrected chi connectivity index (χ4v) is 1.98. The van der Waals surface area contributed by atoms with Gasteiger partial charge < -0.3 is 5.32 Å². The Morgan fingerprint density at radius 1 is 1.47 bits per heavy atom. The molecular formula is C12H9FIN3O2. The van der Waals surface area contributed by atoms with E-state index in [-0.39, 0.29) is 14.9 Å². The highest BCUT2D eigenvalue weighted by atomic mass is 127. The van der Waals surface area contributed by atoms with E-state index < -0.39 is 10.7 Å². The van der Waals surface area contributed by atoms with Crippen LogP contribution in [0.3, 0.4) is 0 Å². The van der Waals surface area contributed by atoms with E-state index in [1.807, 2.05) is 6.07 Å². The average molecular weight is 373 g/mol. The number of pyridine rings is 1. The lowest BCUT2D eigenvalue weighted by Gasteiger charge is -2.08. The number of anilines is 1. The lowest BCUT2D eigenvalue weighted by Crippen LogP contribution is -2.04. The number of nitro benzene ring substituents is 1. The second kappa shape index (κ2) is 5.91. The van der Waals surface area contributed by atoms with E-state index in [4.69, 9.17) is 0 Å². The summed E-state index contributed by atoms with van der Waals surface area (Å²) in [5.41, 5.74) is 0.872. The van der Waals surface area contributed by atoms with Crippen molar-refractivity contribution in [2.24, 2.45) is 0 Å². The summed E-state index contributed by atoms with van der Waals surface area (Å²) in [4.78, 5) is 14.3. The molecule has 7 heteroatoms. The fraction of sp³-hybridized carbons (Fsp3) is 0.0833. The van der Waals surface area contributed by atoms with Crippen molar-refractivity contribution in [3.8, 4) is 0 Å².